The molecule has 3 rings (SSSR count). The number of carbonyl (C=O) groups excluding carboxylic acids is 1. The van der Waals surface area contributed by atoms with Crippen LogP contribution < -0.4 is 0 Å². The van der Waals surface area contributed by atoms with E-state index in [-0.39, 0.29) is 12.7 Å². The third-order valence-corrected chi connectivity index (χ3v) is 3.32. The molecule has 7 heteroatoms. The van der Waals surface area contributed by atoms with Crippen molar-refractivity contribution < 1.29 is 14.3 Å². The van der Waals surface area contributed by atoms with Gasteiger partial charge in [0.25, 0.3) is 0 Å². The fourth-order valence-corrected chi connectivity index (χ4v) is 2.20. The number of hydrogen-bond acceptors (Lipinski definition) is 6. The Kier molecular flexibility index (Phi) is 4.20. The van der Waals surface area contributed by atoms with Gasteiger partial charge in [-0.3, -0.25) is 4.98 Å². The van der Waals surface area contributed by atoms with Crippen molar-refractivity contribution >= 4 is 5.97 Å². The summed E-state index contributed by atoms with van der Waals surface area (Å²) < 4.78 is 12.4. The van der Waals surface area contributed by atoms with Crippen molar-refractivity contribution in [2.24, 2.45) is 0 Å². The molecule has 0 amide bonds. The molecule has 0 radical (unpaired) electrons. The van der Waals surface area contributed by atoms with Gasteiger partial charge < -0.3 is 9.47 Å². The molecule has 21 heavy (non-hydrogen) atoms. The Bertz CT molecular complexity index is 594. The van der Waals surface area contributed by atoms with Crippen LogP contribution in [0.15, 0.2) is 30.9 Å². The third kappa shape index (κ3) is 3.43. The maximum atomic E-state index is 12.0. The van der Waals surface area contributed by atoms with Crippen LogP contribution in [-0.2, 0) is 9.47 Å². The molecule has 0 aromatic carbocycles. The van der Waals surface area contributed by atoms with Crippen molar-refractivity contribution in [2.75, 3.05) is 13.2 Å². The molecule has 1 aliphatic heterocycles. The molecule has 1 aliphatic rings. The van der Waals surface area contributed by atoms with Gasteiger partial charge in [-0.05, 0) is 25.3 Å². The van der Waals surface area contributed by atoms with Gasteiger partial charge in [-0.15, -0.1) is 5.10 Å². The second-order valence-electron chi connectivity index (χ2n) is 4.87. The molecule has 0 bridgehead atoms. The Labute approximate surface area is 121 Å². The minimum Gasteiger partial charge on any atom is -0.459 e. The fraction of sp³-hybridized carbons (Fsp3) is 0.429. The molecule has 0 unspecified atom stereocenters. The zero-order valence-corrected chi connectivity index (χ0v) is 11.5. The van der Waals surface area contributed by atoms with Crippen LogP contribution in [0.3, 0.4) is 0 Å². The van der Waals surface area contributed by atoms with Gasteiger partial charge in [-0.25, -0.2) is 9.48 Å². The monoisotopic (exact) mass is 288 g/mol. The van der Waals surface area contributed by atoms with Crippen LogP contribution in [0.5, 0.6) is 0 Å². The fourth-order valence-electron chi connectivity index (χ4n) is 2.20. The SMILES string of the molecule is O=C(OC[C@H]1CCCCO1)c1cncc(-n2ccnn2)c1. The molecule has 0 aliphatic carbocycles. The van der Waals surface area contributed by atoms with Gasteiger partial charge in [0.1, 0.15) is 6.61 Å². The first-order chi connectivity index (χ1) is 10.3. The summed E-state index contributed by atoms with van der Waals surface area (Å²) in [6.07, 6.45) is 9.46. The Morgan fingerprint density at radius 1 is 1.43 bits per heavy atom. The van der Waals surface area contributed by atoms with Crippen LogP contribution in [0.2, 0.25) is 0 Å². The summed E-state index contributed by atoms with van der Waals surface area (Å²) in [4.78, 5) is 16.1. The van der Waals surface area contributed by atoms with E-state index in [0.717, 1.165) is 25.9 Å². The van der Waals surface area contributed by atoms with E-state index in [2.05, 4.69) is 15.3 Å². The van der Waals surface area contributed by atoms with E-state index >= 15 is 0 Å². The van der Waals surface area contributed by atoms with E-state index in [1.165, 1.54) is 10.9 Å². The second-order valence-corrected chi connectivity index (χ2v) is 4.87. The van der Waals surface area contributed by atoms with Gasteiger partial charge in [-0.2, -0.15) is 0 Å². The van der Waals surface area contributed by atoms with Gasteiger partial charge in [0.2, 0.25) is 0 Å². The van der Waals surface area contributed by atoms with Crippen molar-refractivity contribution in [3.8, 4) is 5.69 Å². The normalized spacial score (nSPS) is 18.4. The minimum atomic E-state index is -0.404. The number of aromatic nitrogens is 4. The average Bonchev–Trinajstić information content (AvgIpc) is 3.08. The lowest BCUT2D eigenvalue weighted by Gasteiger charge is -2.22. The van der Waals surface area contributed by atoms with E-state index in [9.17, 15) is 4.79 Å². The standard InChI is InChI=1S/C14H16N4O3/c19-14(21-10-13-3-1-2-6-20-13)11-7-12(9-15-8-11)18-5-4-16-17-18/h4-5,7-9,13H,1-3,6,10H2/t13-/m1/s1. The molecule has 7 nitrogen and oxygen atoms in total. The van der Waals surface area contributed by atoms with Crippen LogP contribution in [0.25, 0.3) is 5.69 Å². The maximum absolute atomic E-state index is 12.0. The van der Waals surface area contributed by atoms with E-state index in [4.69, 9.17) is 9.47 Å². The molecular weight excluding hydrogens is 272 g/mol. The molecule has 0 saturated carbocycles. The van der Waals surface area contributed by atoms with Gasteiger partial charge >= 0.3 is 5.97 Å². The van der Waals surface area contributed by atoms with E-state index < -0.39 is 5.97 Å². The minimum absolute atomic E-state index is 0.00848. The molecule has 2 aromatic heterocycles. The first kappa shape index (κ1) is 13.7. The molecule has 1 saturated heterocycles. The molecule has 0 spiro atoms. The highest BCUT2D eigenvalue weighted by molar-refractivity contribution is 5.89. The number of pyridine rings is 1. The molecule has 3 heterocycles. The number of ether oxygens (including phenoxy) is 2. The van der Waals surface area contributed by atoms with Crippen LogP contribution >= 0.6 is 0 Å². The van der Waals surface area contributed by atoms with Crippen LogP contribution in [0.1, 0.15) is 29.6 Å². The Hall–Kier alpha value is -2.28. The lowest BCUT2D eigenvalue weighted by Crippen LogP contribution is -2.26. The maximum Gasteiger partial charge on any atom is 0.339 e. The smallest absolute Gasteiger partial charge is 0.339 e. The average molecular weight is 288 g/mol. The zero-order valence-electron chi connectivity index (χ0n) is 11.5. The topological polar surface area (TPSA) is 79.1 Å². The summed E-state index contributed by atoms with van der Waals surface area (Å²) >= 11 is 0. The van der Waals surface area contributed by atoms with Crippen molar-refractivity contribution in [3.05, 3.63) is 36.4 Å². The van der Waals surface area contributed by atoms with Crippen LogP contribution in [0, 0.1) is 0 Å². The first-order valence-corrected chi connectivity index (χ1v) is 6.93. The van der Waals surface area contributed by atoms with Crippen molar-refractivity contribution in [3.63, 3.8) is 0 Å². The number of esters is 1. The summed E-state index contributed by atoms with van der Waals surface area (Å²) in [7, 11) is 0. The zero-order chi connectivity index (χ0) is 14.5. The molecule has 110 valence electrons. The van der Waals surface area contributed by atoms with Gasteiger partial charge in [0.15, 0.2) is 0 Å². The van der Waals surface area contributed by atoms with E-state index in [1.807, 2.05) is 0 Å². The third-order valence-electron chi connectivity index (χ3n) is 3.32. The predicted molar refractivity (Wildman–Crippen MR) is 73.0 cm³/mol. The largest absolute Gasteiger partial charge is 0.459 e. The molecule has 1 atom stereocenters. The highest BCUT2D eigenvalue weighted by Crippen LogP contribution is 2.14. The van der Waals surface area contributed by atoms with Crippen molar-refractivity contribution in [1.82, 2.24) is 20.0 Å². The van der Waals surface area contributed by atoms with Crippen LogP contribution in [-0.4, -0.2) is 45.3 Å². The molecular formula is C14H16N4O3. The Morgan fingerprint density at radius 2 is 2.38 bits per heavy atom. The molecule has 1 fully saturated rings. The number of rotatable bonds is 4. The second kappa shape index (κ2) is 6.45. The number of carbonyl (C=O) groups is 1. The lowest BCUT2D eigenvalue weighted by atomic mass is 10.1. The van der Waals surface area contributed by atoms with E-state index in [1.54, 1.807) is 24.7 Å². The summed E-state index contributed by atoms with van der Waals surface area (Å²) in [6, 6.07) is 1.67. The highest BCUT2D eigenvalue weighted by Gasteiger charge is 2.17. The van der Waals surface area contributed by atoms with Crippen LogP contribution in [0.4, 0.5) is 0 Å². The van der Waals surface area contributed by atoms with Gasteiger partial charge in [0.05, 0.1) is 35.9 Å². The molecule has 0 N–H and O–H groups in total. The van der Waals surface area contributed by atoms with Crippen molar-refractivity contribution in [2.45, 2.75) is 25.4 Å². The molecule has 2 aromatic rings. The number of hydrogen-bond donors (Lipinski definition) is 0. The number of nitrogens with zero attached hydrogens (tertiary/aromatic N) is 4. The summed E-state index contributed by atoms with van der Waals surface area (Å²) in [5, 5.41) is 7.58. The van der Waals surface area contributed by atoms with E-state index in [0.29, 0.717) is 11.3 Å². The lowest BCUT2D eigenvalue weighted by molar-refractivity contribution is -0.0300. The van der Waals surface area contributed by atoms with Gasteiger partial charge in [-0.1, -0.05) is 5.21 Å². The summed E-state index contributed by atoms with van der Waals surface area (Å²) in [5.41, 5.74) is 1.05. The van der Waals surface area contributed by atoms with Gasteiger partial charge in [0, 0.05) is 12.8 Å². The Balaban J connectivity index is 1.63. The van der Waals surface area contributed by atoms with Crippen molar-refractivity contribution in [1.29, 1.82) is 0 Å². The first-order valence-electron chi connectivity index (χ1n) is 6.93. The summed E-state index contributed by atoms with van der Waals surface area (Å²) in [6.45, 7) is 1.03. The quantitative estimate of drug-likeness (QED) is 0.791. The summed E-state index contributed by atoms with van der Waals surface area (Å²) in [5.74, 6) is -0.404. The predicted octanol–water partition coefficient (Wildman–Crippen LogP) is 1.39. The Morgan fingerprint density at radius 3 is 3.14 bits per heavy atom. The highest BCUT2D eigenvalue weighted by atomic mass is 16.6.